The lowest BCUT2D eigenvalue weighted by Gasteiger charge is -2.04. The van der Waals surface area contributed by atoms with Gasteiger partial charge in [-0.05, 0) is 31.0 Å². The lowest BCUT2D eigenvalue weighted by atomic mass is 10.2. The molecule has 1 fully saturated rings. The molecule has 92 valence electrons. The van der Waals surface area contributed by atoms with Crippen molar-refractivity contribution < 1.29 is 4.79 Å². The average molecular weight is 250 g/mol. The third kappa shape index (κ3) is 1.34. The van der Waals surface area contributed by atoms with Crippen molar-refractivity contribution in [2.45, 2.75) is 12.8 Å². The van der Waals surface area contributed by atoms with Gasteiger partial charge in [0, 0.05) is 18.3 Å². The molecule has 0 saturated heterocycles. The van der Waals surface area contributed by atoms with Crippen molar-refractivity contribution in [2.75, 3.05) is 0 Å². The molecule has 1 aliphatic carbocycles. The summed E-state index contributed by atoms with van der Waals surface area (Å²) in [5.41, 5.74) is 2.62. The Morgan fingerprint density at radius 2 is 2.26 bits per heavy atom. The van der Waals surface area contributed by atoms with Crippen molar-refractivity contribution in [1.82, 2.24) is 14.0 Å². The summed E-state index contributed by atoms with van der Waals surface area (Å²) < 4.78 is 3.60. The molecule has 0 aliphatic heterocycles. The van der Waals surface area contributed by atoms with E-state index in [4.69, 9.17) is 0 Å². The van der Waals surface area contributed by atoms with Crippen molar-refractivity contribution in [3.05, 3.63) is 41.9 Å². The van der Waals surface area contributed by atoms with Gasteiger partial charge in [-0.3, -0.25) is 4.79 Å². The van der Waals surface area contributed by atoms with Gasteiger partial charge in [0.25, 0.3) is 0 Å². The number of hydrogen-bond donors (Lipinski definition) is 0. The minimum atomic E-state index is 0.123. The highest BCUT2D eigenvalue weighted by Crippen LogP contribution is 2.33. The van der Waals surface area contributed by atoms with Crippen molar-refractivity contribution >= 4 is 16.9 Å². The predicted octanol–water partition coefficient (Wildman–Crippen LogP) is 2.05. The van der Waals surface area contributed by atoms with Gasteiger partial charge in [0.15, 0.2) is 11.4 Å². The number of nitriles is 1. The van der Waals surface area contributed by atoms with Crippen LogP contribution in [-0.2, 0) is 0 Å². The van der Waals surface area contributed by atoms with Gasteiger partial charge in [-0.15, -0.1) is 0 Å². The van der Waals surface area contributed by atoms with Crippen molar-refractivity contribution in [2.24, 2.45) is 5.92 Å². The van der Waals surface area contributed by atoms with E-state index in [1.165, 1.54) is 0 Å². The second-order valence-corrected chi connectivity index (χ2v) is 4.85. The highest BCUT2D eigenvalue weighted by atomic mass is 16.1. The first-order valence-corrected chi connectivity index (χ1v) is 6.22. The summed E-state index contributed by atoms with van der Waals surface area (Å²) >= 11 is 0. The van der Waals surface area contributed by atoms with E-state index >= 15 is 0 Å². The van der Waals surface area contributed by atoms with Crippen LogP contribution in [0.4, 0.5) is 0 Å². The molecule has 4 rings (SSSR count). The van der Waals surface area contributed by atoms with Gasteiger partial charge in [0.1, 0.15) is 11.8 Å². The third-order valence-electron chi connectivity index (χ3n) is 3.59. The lowest BCUT2D eigenvalue weighted by molar-refractivity contribution is 0.0960. The SMILES string of the molecule is N#Cc1cc(C(=O)C2CC2)n2c1ccc1nccn12. The fourth-order valence-corrected chi connectivity index (χ4v) is 2.48. The van der Waals surface area contributed by atoms with Crippen LogP contribution in [-0.4, -0.2) is 19.8 Å². The number of carbonyl (C=O) groups excluding carboxylic acids is 1. The van der Waals surface area contributed by atoms with Gasteiger partial charge in [-0.1, -0.05) is 0 Å². The zero-order chi connectivity index (χ0) is 13.0. The second-order valence-electron chi connectivity index (χ2n) is 4.85. The van der Waals surface area contributed by atoms with E-state index in [9.17, 15) is 10.1 Å². The Labute approximate surface area is 108 Å². The number of hydrogen-bond acceptors (Lipinski definition) is 3. The molecule has 1 aliphatic rings. The number of Topliss-reactive ketones (excluding diaryl/α,β-unsaturated/α-hetero) is 1. The van der Waals surface area contributed by atoms with E-state index in [1.54, 1.807) is 23.0 Å². The Bertz CT molecular complexity index is 861. The van der Waals surface area contributed by atoms with Crippen LogP contribution in [0.5, 0.6) is 0 Å². The normalized spacial score (nSPS) is 14.9. The maximum atomic E-state index is 12.4. The summed E-state index contributed by atoms with van der Waals surface area (Å²) in [5.74, 6) is 0.251. The first-order valence-electron chi connectivity index (χ1n) is 6.22. The smallest absolute Gasteiger partial charge is 0.184 e. The van der Waals surface area contributed by atoms with Crippen LogP contribution in [0.25, 0.3) is 11.2 Å². The molecule has 0 aromatic carbocycles. The first-order chi connectivity index (χ1) is 9.29. The molecule has 5 heteroatoms. The van der Waals surface area contributed by atoms with Crippen molar-refractivity contribution in [1.29, 1.82) is 5.26 Å². The van der Waals surface area contributed by atoms with Gasteiger partial charge in [0.05, 0.1) is 11.1 Å². The Morgan fingerprint density at radius 1 is 1.42 bits per heavy atom. The summed E-state index contributed by atoms with van der Waals surface area (Å²) in [4.78, 5) is 16.6. The minimum Gasteiger partial charge on any atom is -0.292 e. The van der Waals surface area contributed by atoms with Gasteiger partial charge in [-0.25, -0.2) is 14.0 Å². The number of aromatic nitrogens is 3. The van der Waals surface area contributed by atoms with Crippen LogP contribution in [0.15, 0.2) is 30.6 Å². The number of rotatable bonds is 2. The average Bonchev–Trinajstić information content (AvgIpc) is 3.04. The topological polar surface area (TPSA) is 62.6 Å². The fourth-order valence-electron chi connectivity index (χ4n) is 2.48. The molecule has 0 radical (unpaired) electrons. The molecule has 0 atom stereocenters. The van der Waals surface area contributed by atoms with Gasteiger partial charge >= 0.3 is 0 Å². The van der Waals surface area contributed by atoms with Crippen LogP contribution in [0.2, 0.25) is 0 Å². The number of imidazole rings is 1. The quantitative estimate of drug-likeness (QED) is 0.654. The summed E-state index contributed by atoms with van der Waals surface area (Å²) in [5, 5.41) is 9.21. The minimum absolute atomic E-state index is 0.123. The summed E-state index contributed by atoms with van der Waals surface area (Å²) in [6.07, 6.45) is 5.39. The molecular formula is C14H10N4O. The number of fused-ring (bicyclic) bond motifs is 3. The van der Waals surface area contributed by atoms with E-state index < -0.39 is 0 Å². The van der Waals surface area contributed by atoms with E-state index in [0.29, 0.717) is 11.3 Å². The molecule has 0 amide bonds. The number of nitrogens with zero attached hydrogens (tertiary/aromatic N) is 4. The maximum Gasteiger partial charge on any atom is 0.184 e. The van der Waals surface area contributed by atoms with E-state index in [-0.39, 0.29) is 11.7 Å². The molecule has 0 spiro atoms. The molecule has 19 heavy (non-hydrogen) atoms. The monoisotopic (exact) mass is 250 g/mol. The first kappa shape index (κ1) is 10.3. The highest BCUT2D eigenvalue weighted by molar-refractivity contribution is 5.99. The Hall–Kier alpha value is -2.61. The Balaban J connectivity index is 2.13. The second kappa shape index (κ2) is 3.45. The van der Waals surface area contributed by atoms with Gasteiger partial charge in [-0.2, -0.15) is 5.26 Å². The zero-order valence-electron chi connectivity index (χ0n) is 10.1. The summed E-state index contributed by atoms with van der Waals surface area (Å²) in [6.45, 7) is 0. The Kier molecular flexibility index (Phi) is 1.88. The molecular weight excluding hydrogens is 240 g/mol. The summed E-state index contributed by atoms with van der Waals surface area (Å²) in [7, 11) is 0. The lowest BCUT2D eigenvalue weighted by Crippen LogP contribution is -2.10. The molecule has 1 saturated carbocycles. The van der Waals surface area contributed by atoms with Crippen LogP contribution in [0.1, 0.15) is 28.9 Å². The molecule has 0 N–H and O–H groups in total. The van der Waals surface area contributed by atoms with Crippen LogP contribution in [0, 0.1) is 17.2 Å². The zero-order valence-corrected chi connectivity index (χ0v) is 10.1. The van der Waals surface area contributed by atoms with E-state index in [1.807, 2.05) is 16.6 Å². The number of ketones is 1. The molecule has 0 unspecified atom stereocenters. The van der Waals surface area contributed by atoms with E-state index in [2.05, 4.69) is 11.1 Å². The van der Waals surface area contributed by atoms with Gasteiger partial charge in [0.2, 0.25) is 0 Å². The molecule has 3 aromatic heterocycles. The number of carbonyl (C=O) groups is 1. The Morgan fingerprint density at radius 3 is 3.00 bits per heavy atom. The largest absolute Gasteiger partial charge is 0.292 e. The standard InChI is InChI=1S/C14H10N4O/c15-8-10-7-12(14(19)9-1-2-9)18-11(10)3-4-13-16-5-6-17(13)18/h3-7,9H,1-2H2. The maximum absolute atomic E-state index is 12.4. The fraction of sp³-hybridized carbons (Fsp3) is 0.214. The van der Waals surface area contributed by atoms with Gasteiger partial charge < -0.3 is 0 Å². The molecule has 3 heterocycles. The molecule has 3 aromatic rings. The van der Waals surface area contributed by atoms with Crippen LogP contribution >= 0.6 is 0 Å². The van der Waals surface area contributed by atoms with E-state index in [0.717, 1.165) is 24.0 Å². The predicted molar refractivity (Wildman–Crippen MR) is 67.9 cm³/mol. The van der Waals surface area contributed by atoms with Crippen molar-refractivity contribution in [3.8, 4) is 6.07 Å². The third-order valence-corrected chi connectivity index (χ3v) is 3.59. The molecule has 5 nitrogen and oxygen atoms in total. The molecule has 0 bridgehead atoms. The van der Waals surface area contributed by atoms with Crippen LogP contribution < -0.4 is 0 Å². The summed E-state index contributed by atoms with van der Waals surface area (Å²) in [6, 6.07) is 7.53. The van der Waals surface area contributed by atoms with Crippen molar-refractivity contribution in [3.63, 3.8) is 0 Å². The highest BCUT2D eigenvalue weighted by Gasteiger charge is 2.33. The van der Waals surface area contributed by atoms with Crippen LogP contribution in [0.3, 0.4) is 0 Å².